The molecule has 0 amide bonds. The molecule has 0 saturated carbocycles. The van der Waals surface area contributed by atoms with Crippen LogP contribution >= 0.6 is 7.60 Å². The van der Waals surface area contributed by atoms with E-state index in [-0.39, 0.29) is 5.89 Å². The Hall–Kier alpha value is -0.640. The molecule has 1 heterocycles. The predicted octanol–water partition coefficient (Wildman–Crippen LogP) is -0.295. The fraction of sp³-hybridized carbons (Fsp3) is 0.500. The van der Waals surface area contributed by atoms with Crippen LogP contribution in [0.1, 0.15) is 17.3 Å². The second-order valence-electron chi connectivity index (χ2n) is 2.52. The van der Waals surface area contributed by atoms with E-state index in [1.54, 1.807) is 13.8 Å². The minimum Gasteiger partial charge on any atom is -0.810 e. The first-order valence-electron chi connectivity index (χ1n) is 3.32. The molecule has 0 N–H and O–H groups in total. The Bertz CT molecular complexity index is 307. The zero-order chi connectivity index (χ0) is 9.35. The SMILES string of the molecule is Cc1nc(CP(=O)([O-])[O-])oc1C. The third-order valence-electron chi connectivity index (χ3n) is 1.40. The van der Waals surface area contributed by atoms with Crippen molar-refractivity contribution in [2.24, 2.45) is 0 Å². The van der Waals surface area contributed by atoms with Gasteiger partial charge in [0.05, 0.1) is 11.9 Å². The number of aryl methyl sites for hydroxylation is 2. The monoisotopic (exact) mass is 189 g/mol. The summed E-state index contributed by atoms with van der Waals surface area (Å²) < 4.78 is 15.2. The molecule has 1 aromatic rings. The Morgan fingerprint density at radius 3 is 2.42 bits per heavy atom. The number of nitrogens with zero attached hydrogens (tertiary/aromatic N) is 1. The molecule has 0 atom stereocenters. The average molecular weight is 189 g/mol. The second kappa shape index (κ2) is 3.01. The minimum atomic E-state index is -4.55. The molecule has 0 spiro atoms. The van der Waals surface area contributed by atoms with Gasteiger partial charge in [0, 0.05) is 0 Å². The maximum absolute atomic E-state index is 10.3. The maximum atomic E-state index is 10.3. The van der Waals surface area contributed by atoms with Crippen LogP contribution in [0.5, 0.6) is 0 Å². The molecule has 0 unspecified atom stereocenters. The zero-order valence-corrected chi connectivity index (χ0v) is 7.63. The third-order valence-corrected chi connectivity index (χ3v) is 2.06. The lowest BCUT2D eigenvalue weighted by Gasteiger charge is -2.27. The molecule has 0 aromatic carbocycles. The van der Waals surface area contributed by atoms with Crippen molar-refractivity contribution in [2.45, 2.75) is 20.0 Å². The maximum Gasteiger partial charge on any atom is 0.199 e. The van der Waals surface area contributed by atoms with E-state index in [1.807, 2.05) is 0 Å². The normalized spacial score (nSPS) is 12.0. The highest BCUT2D eigenvalue weighted by molar-refractivity contribution is 7.47. The highest BCUT2D eigenvalue weighted by Crippen LogP contribution is 2.29. The van der Waals surface area contributed by atoms with Crippen molar-refractivity contribution in [1.82, 2.24) is 4.98 Å². The van der Waals surface area contributed by atoms with Crippen molar-refractivity contribution in [3.05, 3.63) is 17.3 Å². The molecule has 0 fully saturated rings. The lowest BCUT2D eigenvalue weighted by molar-refractivity contribution is -0.314. The molecule has 6 heteroatoms. The number of hydrogen-bond acceptors (Lipinski definition) is 5. The fourth-order valence-corrected chi connectivity index (χ4v) is 1.24. The van der Waals surface area contributed by atoms with E-state index in [4.69, 9.17) is 4.42 Å². The molecule has 68 valence electrons. The van der Waals surface area contributed by atoms with Crippen molar-refractivity contribution in [3.63, 3.8) is 0 Å². The lowest BCUT2D eigenvalue weighted by Crippen LogP contribution is -2.15. The quantitative estimate of drug-likeness (QED) is 0.596. The number of aromatic nitrogens is 1. The van der Waals surface area contributed by atoms with Crippen molar-refractivity contribution in [3.8, 4) is 0 Å². The first-order chi connectivity index (χ1) is 5.38. The molecular weight excluding hydrogens is 181 g/mol. The summed E-state index contributed by atoms with van der Waals surface area (Å²) in [7, 11) is -4.55. The van der Waals surface area contributed by atoms with Crippen LogP contribution < -0.4 is 9.79 Å². The largest absolute Gasteiger partial charge is 0.810 e. The molecule has 12 heavy (non-hydrogen) atoms. The molecule has 0 aliphatic rings. The van der Waals surface area contributed by atoms with Crippen LogP contribution in [0, 0.1) is 13.8 Å². The summed E-state index contributed by atoms with van der Waals surface area (Å²) in [5.41, 5.74) is 0.610. The van der Waals surface area contributed by atoms with Gasteiger partial charge in [-0.3, -0.25) is 0 Å². The van der Waals surface area contributed by atoms with Gasteiger partial charge in [0.15, 0.2) is 5.89 Å². The van der Waals surface area contributed by atoms with Crippen LogP contribution in [0.3, 0.4) is 0 Å². The van der Waals surface area contributed by atoms with Gasteiger partial charge in [0.25, 0.3) is 0 Å². The van der Waals surface area contributed by atoms with Gasteiger partial charge in [-0.25, -0.2) is 4.98 Å². The first-order valence-corrected chi connectivity index (χ1v) is 5.05. The van der Waals surface area contributed by atoms with Crippen LogP contribution in [0.15, 0.2) is 4.42 Å². The predicted molar refractivity (Wildman–Crippen MR) is 37.3 cm³/mol. The molecule has 1 aromatic heterocycles. The number of oxazole rings is 1. The van der Waals surface area contributed by atoms with E-state index in [0.29, 0.717) is 11.5 Å². The van der Waals surface area contributed by atoms with Crippen LogP contribution in [-0.2, 0) is 10.7 Å². The van der Waals surface area contributed by atoms with E-state index in [2.05, 4.69) is 4.98 Å². The Morgan fingerprint density at radius 2 is 2.08 bits per heavy atom. The summed E-state index contributed by atoms with van der Waals surface area (Å²) in [5.74, 6) is 0.511. The smallest absolute Gasteiger partial charge is 0.199 e. The van der Waals surface area contributed by atoms with E-state index in [0.717, 1.165) is 0 Å². The minimum absolute atomic E-state index is 0.0293. The number of rotatable bonds is 2. The molecule has 0 radical (unpaired) electrons. The summed E-state index contributed by atoms with van der Waals surface area (Å²) in [6, 6.07) is 0. The highest BCUT2D eigenvalue weighted by Gasteiger charge is 2.06. The third kappa shape index (κ3) is 2.44. The summed E-state index contributed by atoms with van der Waals surface area (Å²) in [6.07, 6.45) is -0.651. The summed E-state index contributed by atoms with van der Waals surface area (Å²) in [5, 5.41) is 0. The van der Waals surface area contributed by atoms with Gasteiger partial charge in [-0.15, -0.1) is 0 Å². The summed E-state index contributed by atoms with van der Waals surface area (Å²) >= 11 is 0. The Balaban J connectivity index is 2.85. The van der Waals surface area contributed by atoms with Gasteiger partial charge in [0.1, 0.15) is 5.76 Å². The van der Waals surface area contributed by atoms with Crippen molar-refractivity contribution in [1.29, 1.82) is 0 Å². The van der Waals surface area contributed by atoms with Gasteiger partial charge < -0.3 is 18.8 Å². The van der Waals surface area contributed by atoms with Gasteiger partial charge in [-0.05, 0) is 13.8 Å². The summed E-state index contributed by atoms with van der Waals surface area (Å²) in [6.45, 7) is 3.34. The Morgan fingerprint density at radius 1 is 1.50 bits per heavy atom. The van der Waals surface area contributed by atoms with Crippen LogP contribution in [0.25, 0.3) is 0 Å². The van der Waals surface area contributed by atoms with Crippen LogP contribution in [0.2, 0.25) is 0 Å². The van der Waals surface area contributed by atoms with E-state index in [1.165, 1.54) is 0 Å². The Labute approximate surface area is 69.6 Å². The van der Waals surface area contributed by atoms with Gasteiger partial charge in [-0.1, -0.05) is 7.60 Å². The van der Waals surface area contributed by atoms with Gasteiger partial charge in [-0.2, -0.15) is 0 Å². The average Bonchev–Trinajstić information content (AvgIpc) is 2.07. The fourth-order valence-electron chi connectivity index (χ4n) is 0.772. The van der Waals surface area contributed by atoms with Crippen LogP contribution in [-0.4, -0.2) is 4.98 Å². The summed E-state index contributed by atoms with van der Waals surface area (Å²) in [4.78, 5) is 24.3. The topological polar surface area (TPSA) is 89.2 Å². The molecule has 0 bridgehead atoms. The lowest BCUT2D eigenvalue weighted by atomic mass is 10.4. The van der Waals surface area contributed by atoms with Crippen molar-refractivity contribution < 1.29 is 18.8 Å². The van der Waals surface area contributed by atoms with Gasteiger partial charge >= 0.3 is 0 Å². The van der Waals surface area contributed by atoms with E-state index in [9.17, 15) is 14.4 Å². The standard InChI is InChI=1S/C6H10NO4P/c1-4-5(2)11-6(7-4)3-12(8,9)10/h3H2,1-2H3,(H2,8,9,10)/p-2. The second-order valence-corrected chi connectivity index (χ2v) is 4.06. The van der Waals surface area contributed by atoms with Crippen molar-refractivity contribution >= 4 is 7.60 Å². The van der Waals surface area contributed by atoms with Crippen molar-refractivity contribution in [2.75, 3.05) is 0 Å². The highest BCUT2D eigenvalue weighted by atomic mass is 31.2. The van der Waals surface area contributed by atoms with Crippen LogP contribution in [0.4, 0.5) is 0 Å². The van der Waals surface area contributed by atoms with Gasteiger partial charge in [0.2, 0.25) is 0 Å². The zero-order valence-electron chi connectivity index (χ0n) is 6.73. The Kier molecular flexibility index (Phi) is 2.37. The molecule has 0 aliphatic heterocycles. The molecule has 5 nitrogen and oxygen atoms in total. The molecule has 0 saturated heterocycles. The number of hydrogen-bond donors (Lipinski definition) is 0. The first kappa shape index (κ1) is 9.45. The van der Waals surface area contributed by atoms with E-state index >= 15 is 0 Å². The molecular formula is C6H8NO4P-2. The van der Waals surface area contributed by atoms with E-state index < -0.39 is 13.8 Å². The molecule has 1 rings (SSSR count). The molecule has 0 aliphatic carbocycles.